The van der Waals surface area contributed by atoms with Crippen molar-refractivity contribution >= 4 is 5.91 Å². The summed E-state index contributed by atoms with van der Waals surface area (Å²) in [5.41, 5.74) is 2.12. The quantitative estimate of drug-likeness (QED) is 0.578. The van der Waals surface area contributed by atoms with Gasteiger partial charge in [0.25, 0.3) is 0 Å². The fourth-order valence-corrected chi connectivity index (χ4v) is 5.55. The summed E-state index contributed by atoms with van der Waals surface area (Å²) in [6.45, 7) is 10.2. The first kappa shape index (κ1) is 24.3. The molecule has 3 heterocycles. The summed E-state index contributed by atoms with van der Waals surface area (Å²) in [7, 11) is 1.72. The Kier molecular flexibility index (Phi) is 7.68. The number of hydrogen-bond donors (Lipinski definition) is 0. The van der Waals surface area contributed by atoms with E-state index >= 15 is 0 Å². The molecule has 0 N–H and O–H groups in total. The number of hydrogen-bond acceptors (Lipinski definition) is 6. The molecule has 0 saturated carbocycles. The van der Waals surface area contributed by atoms with Crippen LogP contribution in [0, 0.1) is 0 Å². The monoisotopic (exact) mass is 478 g/mol. The van der Waals surface area contributed by atoms with Crippen molar-refractivity contribution in [1.82, 2.24) is 19.6 Å². The standard InChI is InChI=1S/C28H38N4O3/c1-34-26-10-6-5-9-25(26)21-30-13-17-31(18-14-30)27(33)28(22-35-23-28)32-19-15-29(16-20-32)12-11-24-7-3-2-4-8-24/h2-10H,11-23H2,1H3. The summed E-state index contributed by atoms with van der Waals surface area (Å²) in [6.07, 6.45) is 1.08. The van der Waals surface area contributed by atoms with Crippen LogP contribution in [0.5, 0.6) is 5.75 Å². The second-order valence-electron chi connectivity index (χ2n) is 9.97. The number of nitrogens with zero attached hydrogens (tertiary/aromatic N) is 4. The summed E-state index contributed by atoms with van der Waals surface area (Å²) >= 11 is 0. The van der Waals surface area contributed by atoms with Crippen LogP contribution in [0.1, 0.15) is 11.1 Å². The lowest BCUT2D eigenvalue weighted by Crippen LogP contribution is -2.73. The maximum absolute atomic E-state index is 13.7. The maximum atomic E-state index is 13.7. The number of benzene rings is 2. The molecular weight excluding hydrogens is 440 g/mol. The zero-order chi connectivity index (χ0) is 24.1. The van der Waals surface area contributed by atoms with Gasteiger partial charge in [0, 0.05) is 71.0 Å². The lowest BCUT2D eigenvalue weighted by Gasteiger charge is -2.53. The Morgan fingerprint density at radius 2 is 1.51 bits per heavy atom. The molecular formula is C28H38N4O3. The smallest absolute Gasteiger partial charge is 0.248 e. The number of amides is 1. The van der Waals surface area contributed by atoms with Gasteiger partial charge in [-0.3, -0.25) is 14.6 Å². The van der Waals surface area contributed by atoms with Crippen LogP contribution < -0.4 is 4.74 Å². The third-order valence-electron chi connectivity index (χ3n) is 7.86. The van der Waals surface area contributed by atoms with Crippen LogP contribution in [-0.2, 0) is 22.5 Å². The van der Waals surface area contributed by atoms with Crippen molar-refractivity contribution in [3.05, 3.63) is 65.7 Å². The van der Waals surface area contributed by atoms with Crippen LogP contribution in [-0.4, -0.2) is 110 Å². The van der Waals surface area contributed by atoms with Crippen molar-refractivity contribution in [2.45, 2.75) is 18.5 Å². The molecule has 3 fully saturated rings. The first-order chi connectivity index (χ1) is 17.2. The van der Waals surface area contributed by atoms with Crippen LogP contribution in [0.15, 0.2) is 54.6 Å². The van der Waals surface area contributed by atoms with Gasteiger partial charge in [-0.15, -0.1) is 0 Å². The molecule has 188 valence electrons. The van der Waals surface area contributed by atoms with E-state index in [0.717, 1.165) is 77.6 Å². The summed E-state index contributed by atoms with van der Waals surface area (Å²) in [5.74, 6) is 1.19. The van der Waals surface area contributed by atoms with E-state index in [1.165, 1.54) is 11.1 Å². The highest BCUT2D eigenvalue weighted by Gasteiger charge is 2.53. The molecule has 2 aromatic carbocycles. The molecule has 7 nitrogen and oxygen atoms in total. The van der Waals surface area contributed by atoms with E-state index in [1.54, 1.807) is 7.11 Å². The normalized spacial score (nSPS) is 21.5. The number of para-hydroxylation sites is 1. The van der Waals surface area contributed by atoms with Crippen LogP contribution in [0.3, 0.4) is 0 Å². The number of carbonyl (C=O) groups excluding carboxylic acids is 1. The third kappa shape index (κ3) is 5.38. The average molecular weight is 479 g/mol. The van der Waals surface area contributed by atoms with Crippen molar-refractivity contribution in [2.75, 3.05) is 79.2 Å². The Hall–Kier alpha value is -2.45. The Labute approximate surface area is 209 Å². The SMILES string of the molecule is COc1ccccc1CN1CCN(C(=O)C2(N3CCN(CCc4ccccc4)CC3)COC2)CC1. The molecule has 3 saturated heterocycles. The minimum atomic E-state index is -0.462. The van der Waals surface area contributed by atoms with Gasteiger partial charge in [0.2, 0.25) is 5.91 Å². The van der Waals surface area contributed by atoms with Gasteiger partial charge in [0.15, 0.2) is 0 Å². The van der Waals surface area contributed by atoms with Crippen molar-refractivity contribution in [3.63, 3.8) is 0 Å². The van der Waals surface area contributed by atoms with Gasteiger partial charge >= 0.3 is 0 Å². The predicted molar refractivity (Wildman–Crippen MR) is 137 cm³/mol. The van der Waals surface area contributed by atoms with E-state index in [9.17, 15) is 4.79 Å². The average Bonchev–Trinajstić information content (AvgIpc) is 2.89. The molecule has 0 spiro atoms. The maximum Gasteiger partial charge on any atom is 0.248 e. The van der Waals surface area contributed by atoms with Gasteiger partial charge in [0.05, 0.1) is 20.3 Å². The Bertz CT molecular complexity index is 965. The molecule has 0 unspecified atom stereocenters. The first-order valence-corrected chi connectivity index (χ1v) is 12.9. The van der Waals surface area contributed by atoms with E-state index in [2.05, 4.69) is 62.1 Å². The van der Waals surface area contributed by atoms with Crippen LogP contribution in [0.25, 0.3) is 0 Å². The van der Waals surface area contributed by atoms with Gasteiger partial charge in [-0.1, -0.05) is 48.5 Å². The molecule has 3 aliphatic rings. The van der Waals surface area contributed by atoms with Crippen molar-refractivity contribution < 1.29 is 14.3 Å². The highest BCUT2D eigenvalue weighted by atomic mass is 16.5. The van der Waals surface area contributed by atoms with E-state index in [0.29, 0.717) is 13.2 Å². The fraction of sp³-hybridized carbons (Fsp3) is 0.536. The molecule has 5 rings (SSSR count). The van der Waals surface area contributed by atoms with Gasteiger partial charge < -0.3 is 19.3 Å². The molecule has 2 aromatic rings. The van der Waals surface area contributed by atoms with E-state index < -0.39 is 5.54 Å². The van der Waals surface area contributed by atoms with Gasteiger partial charge in [-0.05, 0) is 18.1 Å². The summed E-state index contributed by atoms with van der Waals surface area (Å²) in [6, 6.07) is 18.9. The molecule has 0 aliphatic carbocycles. The number of carbonyl (C=O) groups is 1. The lowest BCUT2D eigenvalue weighted by atomic mass is 9.91. The van der Waals surface area contributed by atoms with Gasteiger partial charge in [-0.2, -0.15) is 0 Å². The van der Waals surface area contributed by atoms with Crippen molar-refractivity contribution in [2.24, 2.45) is 0 Å². The molecule has 0 radical (unpaired) electrons. The highest BCUT2D eigenvalue weighted by Crippen LogP contribution is 2.30. The molecule has 1 amide bonds. The number of ether oxygens (including phenoxy) is 2. The van der Waals surface area contributed by atoms with E-state index in [-0.39, 0.29) is 5.91 Å². The van der Waals surface area contributed by atoms with Crippen LogP contribution in [0.4, 0.5) is 0 Å². The highest BCUT2D eigenvalue weighted by molar-refractivity contribution is 5.88. The van der Waals surface area contributed by atoms with Gasteiger partial charge in [0.1, 0.15) is 11.3 Å². The zero-order valence-electron chi connectivity index (χ0n) is 20.9. The fourth-order valence-electron chi connectivity index (χ4n) is 5.55. The van der Waals surface area contributed by atoms with Crippen molar-refractivity contribution in [1.29, 1.82) is 0 Å². The second-order valence-corrected chi connectivity index (χ2v) is 9.97. The molecule has 0 aromatic heterocycles. The summed E-state index contributed by atoms with van der Waals surface area (Å²) < 4.78 is 11.1. The predicted octanol–water partition coefficient (Wildman–Crippen LogP) is 1.97. The zero-order valence-corrected chi connectivity index (χ0v) is 20.9. The van der Waals surface area contributed by atoms with Gasteiger partial charge in [-0.25, -0.2) is 0 Å². The summed E-state index contributed by atoms with van der Waals surface area (Å²) in [4.78, 5) is 23.1. The Morgan fingerprint density at radius 1 is 0.857 bits per heavy atom. The summed E-state index contributed by atoms with van der Waals surface area (Å²) in [5, 5.41) is 0. The molecule has 35 heavy (non-hydrogen) atoms. The number of methoxy groups -OCH3 is 1. The topological polar surface area (TPSA) is 48.5 Å². The van der Waals surface area contributed by atoms with E-state index in [1.807, 2.05) is 12.1 Å². The molecule has 0 atom stereocenters. The number of piperazine rings is 2. The lowest BCUT2D eigenvalue weighted by molar-refractivity contribution is -0.185. The third-order valence-corrected chi connectivity index (χ3v) is 7.86. The van der Waals surface area contributed by atoms with Crippen LogP contribution >= 0.6 is 0 Å². The van der Waals surface area contributed by atoms with Crippen LogP contribution in [0.2, 0.25) is 0 Å². The molecule has 3 aliphatic heterocycles. The number of rotatable bonds is 8. The minimum absolute atomic E-state index is 0.262. The molecule has 7 heteroatoms. The second kappa shape index (κ2) is 11.1. The van der Waals surface area contributed by atoms with E-state index in [4.69, 9.17) is 9.47 Å². The first-order valence-electron chi connectivity index (χ1n) is 12.9. The largest absolute Gasteiger partial charge is 0.496 e. The Morgan fingerprint density at radius 3 is 2.17 bits per heavy atom. The minimum Gasteiger partial charge on any atom is -0.496 e. The van der Waals surface area contributed by atoms with Crippen molar-refractivity contribution in [3.8, 4) is 5.75 Å². The molecule has 0 bridgehead atoms. The Balaban J connectivity index is 1.11.